The Bertz CT molecular complexity index is 510. The molecule has 0 N–H and O–H groups in total. The summed E-state index contributed by atoms with van der Waals surface area (Å²) < 4.78 is 11.2. The maximum atomic E-state index is 5.87. The Kier molecular flexibility index (Phi) is 4.64. The number of hydrogen-bond donors (Lipinski definition) is 0. The van der Waals surface area contributed by atoms with E-state index in [4.69, 9.17) is 9.26 Å². The van der Waals surface area contributed by atoms with Gasteiger partial charge in [0.25, 0.3) is 0 Å². The molecule has 0 amide bonds. The largest absolute Gasteiger partial charge is 0.377 e. The number of ether oxygens (including phenoxy) is 1. The van der Waals surface area contributed by atoms with Crippen molar-refractivity contribution in [3.63, 3.8) is 0 Å². The van der Waals surface area contributed by atoms with Crippen molar-refractivity contribution in [3.8, 4) is 0 Å². The Morgan fingerprint density at radius 2 is 2.13 bits per heavy atom. The first-order valence-electron chi connectivity index (χ1n) is 9.14. The van der Waals surface area contributed by atoms with E-state index in [1.165, 1.54) is 45.1 Å². The van der Waals surface area contributed by atoms with Crippen molar-refractivity contribution in [2.75, 3.05) is 33.3 Å². The summed E-state index contributed by atoms with van der Waals surface area (Å²) in [5.41, 5.74) is 0. The Morgan fingerprint density at radius 3 is 2.91 bits per heavy atom. The first-order chi connectivity index (χ1) is 11.3. The average Bonchev–Trinajstić information content (AvgIpc) is 3.13. The van der Waals surface area contributed by atoms with E-state index in [1.807, 2.05) is 0 Å². The summed E-state index contributed by atoms with van der Waals surface area (Å²) in [6.07, 6.45) is 7.86. The summed E-state index contributed by atoms with van der Waals surface area (Å²) >= 11 is 0. The third-order valence-corrected chi connectivity index (χ3v) is 5.41. The molecule has 2 saturated heterocycles. The van der Waals surface area contributed by atoms with Crippen molar-refractivity contribution in [2.24, 2.45) is 0 Å². The maximum absolute atomic E-state index is 5.87. The van der Waals surface area contributed by atoms with Gasteiger partial charge in [-0.15, -0.1) is 0 Å². The minimum atomic E-state index is 0.450. The fourth-order valence-electron chi connectivity index (χ4n) is 3.76. The number of hydrogen-bond acceptors (Lipinski definition) is 6. The van der Waals surface area contributed by atoms with Gasteiger partial charge in [0.2, 0.25) is 5.89 Å². The van der Waals surface area contributed by atoms with E-state index >= 15 is 0 Å². The van der Waals surface area contributed by atoms with Crippen LogP contribution in [0.4, 0.5) is 0 Å². The Balaban J connectivity index is 1.24. The summed E-state index contributed by atoms with van der Waals surface area (Å²) in [5, 5.41) is 4.14. The van der Waals surface area contributed by atoms with Gasteiger partial charge in [0, 0.05) is 31.7 Å². The minimum absolute atomic E-state index is 0.450. The number of aromatic nitrogens is 2. The van der Waals surface area contributed by atoms with Crippen LogP contribution in [0.25, 0.3) is 0 Å². The van der Waals surface area contributed by atoms with Crippen molar-refractivity contribution in [1.82, 2.24) is 19.9 Å². The van der Waals surface area contributed by atoms with E-state index in [0.717, 1.165) is 38.0 Å². The van der Waals surface area contributed by atoms with Gasteiger partial charge in [-0.3, -0.25) is 9.80 Å². The molecule has 3 fully saturated rings. The van der Waals surface area contributed by atoms with E-state index in [-0.39, 0.29) is 0 Å². The normalized spacial score (nSPS) is 29.5. The average molecular weight is 320 g/mol. The molecule has 2 aliphatic heterocycles. The van der Waals surface area contributed by atoms with Gasteiger partial charge >= 0.3 is 0 Å². The molecule has 0 spiro atoms. The summed E-state index contributed by atoms with van der Waals surface area (Å²) in [4.78, 5) is 9.48. The molecular weight excluding hydrogens is 292 g/mol. The summed E-state index contributed by atoms with van der Waals surface area (Å²) in [7, 11) is 2.18. The monoisotopic (exact) mass is 320 g/mol. The first-order valence-corrected chi connectivity index (χ1v) is 9.14. The molecule has 1 aromatic rings. The van der Waals surface area contributed by atoms with E-state index in [9.17, 15) is 0 Å². The zero-order chi connectivity index (χ0) is 15.6. The van der Waals surface area contributed by atoms with Crippen LogP contribution in [0.5, 0.6) is 0 Å². The molecule has 0 radical (unpaired) electrons. The van der Waals surface area contributed by atoms with E-state index in [1.54, 1.807) is 0 Å². The molecule has 0 bridgehead atoms. The predicted octanol–water partition coefficient (Wildman–Crippen LogP) is 2.02. The van der Waals surface area contributed by atoms with E-state index in [2.05, 4.69) is 27.0 Å². The number of likely N-dealkylation sites (tertiary alicyclic amines) is 1. The van der Waals surface area contributed by atoms with Crippen molar-refractivity contribution in [3.05, 3.63) is 11.7 Å². The molecule has 1 aliphatic carbocycles. The van der Waals surface area contributed by atoms with Crippen molar-refractivity contribution < 1.29 is 9.26 Å². The van der Waals surface area contributed by atoms with Gasteiger partial charge in [-0.05, 0) is 52.1 Å². The highest BCUT2D eigenvalue weighted by Crippen LogP contribution is 2.38. The number of likely N-dealkylation sites (N-methyl/N-ethyl adjacent to an activating group) is 1. The van der Waals surface area contributed by atoms with E-state index in [0.29, 0.717) is 18.1 Å². The lowest BCUT2D eigenvalue weighted by molar-refractivity contribution is -0.00281. The Labute approximate surface area is 138 Å². The van der Waals surface area contributed by atoms with Gasteiger partial charge < -0.3 is 9.26 Å². The molecule has 0 aromatic carbocycles. The highest BCUT2D eigenvalue weighted by molar-refractivity contribution is 5.01. The predicted molar refractivity (Wildman–Crippen MR) is 86.2 cm³/mol. The fourth-order valence-corrected chi connectivity index (χ4v) is 3.76. The van der Waals surface area contributed by atoms with Gasteiger partial charge in [0.15, 0.2) is 5.82 Å². The Morgan fingerprint density at radius 1 is 1.22 bits per heavy atom. The number of rotatable bonds is 6. The van der Waals surface area contributed by atoms with Crippen LogP contribution in [0, 0.1) is 0 Å². The smallest absolute Gasteiger partial charge is 0.229 e. The summed E-state index contributed by atoms with van der Waals surface area (Å²) in [6.45, 7) is 5.13. The van der Waals surface area contributed by atoms with Crippen LogP contribution < -0.4 is 0 Å². The third kappa shape index (κ3) is 3.92. The second kappa shape index (κ2) is 6.87. The van der Waals surface area contributed by atoms with Crippen molar-refractivity contribution in [2.45, 2.75) is 63.1 Å². The van der Waals surface area contributed by atoms with Gasteiger partial charge in [-0.1, -0.05) is 5.16 Å². The highest BCUT2D eigenvalue weighted by atomic mass is 16.5. The molecule has 6 nitrogen and oxygen atoms in total. The van der Waals surface area contributed by atoms with Crippen molar-refractivity contribution in [1.29, 1.82) is 0 Å². The fraction of sp³-hybridized carbons (Fsp3) is 0.882. The van der Waals surface area contributed by atoms with E-state index < -0.39 is 0 Å². The molecule has 23 heavy (non-hydrogen) atoms. The molecule has 4 rings (SSSR count). The maximum Gasteiger partial charge on any atom is 0.229 e. The lowest BCUT2D eigenvalue weighted by atomic mass is 10.1. The third-order valence-electron chi connectivity index (χ3n) is 5.41. The SMILES string of the molecule is CN(Cc1noc(C2CC2)n1)C1CCN(CC2CCCCO2)C1. The molecule has 3 aliphatic rings. The van der Waals surface area contributed by atoms with Crippen LogP contribution in [-0.2, 0) is 11.3 Å². The summed E-state index contributed by atoms with van der Waals surface area (Å²) in [5.74, 6) is 2.22. The highest BCUT2D eigenvalue weighted by Gasteiger charge is 2.31. The zero-order valence-corrected chi connectivity index (χ0v) is 14.1. The molecule has 2 atom stereocenters. The van der Waals surface area contributed by atoms with Crippen LogP contribution in [0.1, 0.15) is 56.2 Å². The lowest BCUT2D eigenvalue weighted by Gasteiger charge is -2.28. The van der Waals surface area contributed by atoms with Crippen LogP contribution >= 0.6 is 0 Å². The topological polar surface area (TPSA) is 54.6 Å². The second-order valence-electron chi connectivity index (χ2n) is 7.43. The van der Waals surface area contributed by atoms with Gasteiger partial charge in [0.05, 0.1) is 12.6 Å². The molecule has 1 saturated carbocycles. The van der Waals surface area contributed by atoms with Crippen LogP contribution in [0.3, 0.4) is 0 Å². The van der Waals surface area contributed by atoms with Crippen molar-refractivity contribution >= 4 is 0 Å². The lowest BCUT2D eigenvalue weighted by Crippen LogP contribution is -2.38. The van der Waals surface area contributed by atoms with Crippen LogP contribution in [-0.4, -0.2) is 65.4 Å². The number of nitrogens with zero attached hydrogens (tertiary/aromatic N) is 4. The standard InChI is InChI=1S/C17H28N4O2/c1-20(12-16-18-17(23-19-16)13-5-6-13)14-7-8-21(10-14)11-15-4-2-3-9-22-15/h13-15H,2-12H2,1H3. The van der Waals surface area contributed by atoms with Crippen LogP contribution in [0.2, 0.25) is 0 Å². The molecular formula is C17H28N4O2. The minimum Gasteiger partial charge on any atom is -0.377 e. The first kappa shape index (κ1) is 15.5. The second-order valence-corrected chi connectivity index (χ2v) is 7.43. The molecule has 3 heterocycles. The quantitative estimate of drug-likeness (QED) is 0.799. The molecule has 6 heteroatoms. The molecule has 2 unspecified atom stereocenters. The van der Waals surface area contributed by atoms with Gasteiger partial charge in [-0.2, -0.15) is 4.98 Å². The Hall–Kier alpha value is -0.980. The van der Waals surface area contributed by atoms with Crippen LogP contribution in [0.15, 0.2) is 4.52 Å². The molecule has 128 valence electrons. The van der Waals surface area contributed by atoms with Gasteiger partial charge in [-0.25, -0.2) is 0 Å². The molecule has 1 aromatic heterocycles. The zero-order valence-electron chi connectivity index (χ0n) is 14.1. The summed E-state index contributed by atoms with van der Waals surface area (Å²) in [6, 6.07) is 0.585. The van der Waals surface area contributed by atoms with Gasteiger partial charge in [0.1, 0.15) is 0 Å².